The van der Waals surface area contributed by atoms with Crippen LogP contribution in [0.25, 0.3) is 0 Å². The molecule has 2 aliphatic rings. The van der Waals surface area contributed by atoms with Gasteiger partial charge in [-0.3, -0.25) is 4.79 Å². The number of nitrogens with one attached hydrogen (secondary N) is 1. The number of benzene rings is 1. The number of hydrogen-bond donors (Lipinski definition) is 1. The highest BCUT2D eigenvalue weighted by Gasteiger charge is 2.52. The lowest BCUT2D eigenvalue weighted by atomic mass is 9.75. The summed E-state index contributed by atoms with van der Waals surface area (Å²) in [6, 6.07) is 6.06. The summed E-state index contributed by atoms with van der Waals surface area (Å²) in [5, 5.41) is 3.15. The Bertz CT molecular complexity index is 652. The van der Waals surface area contributed by atoms with Crippen molar-refractivity contribution in [2.24, 2.45) is 0 Å². The Morgan fingerprint density at radius 2 is 1.81 bits per heavy atom. The maximum absolute atomic E-state index is 12.6. The SMILES string of the molecule is COc1ccc(B2OC(C)(C)C(C)(C)O2)c(CC(=O)NC2CCCC2)c1. The molecule has 1 amide bonds. The molecule has 1 aliphatic carbocycles. The number of ether oxygens (including phenoxy) is 1. The maximum atomic E-state index is 12.6. The summed E-state index contributed by atoms with van der Waals surface area (Å²) < 4.78 is 17.7. The molecule has 142 valence electrons. The Labute approximate surface area is 156 Å². The molecule has 0 bridgehead atoms. The van der Waals surface area contributed by atoms with E-state index in [9.17, 15) is 4.79 Å². The van der Waals surface area contributed by atoms with Crippen molar-refractivity contribution in [2.75, 3.05) is 7.11 Å². The third-order valence-electron chi connectivity index (χ3n) is 5.93. The fraction of sp³-hybridized carbons (Fsp3) is 0.650. The van der Waals surface area contributed by atoms with Crippen molar-refractivity contribution in [3.05, 3.63) is 23.8 Å². The molecule has 0 radical (unpaired) electrons. The van der Waals surface area contributed by atoms with Crippen LogP contribution in [0.2, 0.25) is 0 Å². The second-order valence-corrected chi connectivity index (χ2v) is 8.38. The van der Waals surface area contributed by atoms with Crippen LogP contribution in [0.3, 0.4) is 0 Å². The number of hydrogen-bond acceptors (Lipinski definition) is 4. The van der Waals surface area contributed by atoms with E-state index in [0.29, 0.717) is 12.5 Å². The minimum absolute atomic E-state index is 0.0444. The normalized spacial score (nSPS) is 21.8. The van der Waals surface area contributed by atoms with Gasteiger partial charge in [0.25, 0.3) is 0 Å². The van der Waals surface area contributed by atoms with Crippen LogP contribution in [-0.4, -0.2) is 37.4 Å². The van der Waals surface area contributed by atoms with Crippen molar-refractivity contribution in [2.45, 2.75) is 77.0 Å². The van der Waals surface area contributed by atoms with Gasteiger partial charge in [-0.2, -0.15) is 0 Å². The van der Waals surface area contributed by atoms with Gasteiger partial charge in [0.05, 0.1) is 24.7 Å². The Morgan fingerprint density at radius 1 is 1.19 bits per heavy atom. The van der Waals surface area contributed by atoms with Gasteiger partial charge >= 0.3 is 7.12 Å². The fourth-order valence-electron chi connectivity index (χ4n) is 3.58. The molecular weight excluding hydrogens is 329 g/mol. The van der Waals surface area contributed by atoms with Crippen LogP contribution in [0.4, 0.5) is 0 Å². The summed E-state index contributed by atoms with van der Waals surface area (Å²) in [5.41, 5.74) is 0.950. The van der Waals surface area contributed by atoms with E-state index in [4.69, 9.17) is 14.0 Å². The van der Waals surface area contributed by atoms with Crippen molar-refractivity contribution < 1.29 is 18.8 Å². The third-order valence-corrected chi connectivity index (χ3v) is 5.93. The molecule has 1 heterocycles. The van der Waals surface area contributed by atoms with Gasteiger partial charge in [0.1, 0.15) is 5.75 Å². The first-order chi connectivity index (χ1) is 12.2. The van der Waals surface area contributed by atoms with E-state index >= 15 is 0 Å². The molecule has 26 heavy (non-hydrogen) atoms. The van der Waals surface area contributed by atoms with E-state index in [2.05, 4.69) is 5.32 Å². The highest BCUT2D eigenvalue weighted by atomic mass is 16.7. The Kier molecular flexibility index (Phi) is 5.36. The summed E-state index contributed by atoms with van der Waals surface area (Å²) in [6.45, 7) is 8.12. The van der Waals surface area contributed by atoms with Crippen LogP contribution in [-0.2, 0) is 20.5 Å². The summed E-state index contributed by atoms with van der Waals surface area (Å²) in [5.74, 6) is 0.775. The lowest BCUT2D eigenvalue weighted by molar-refractivity contribution is -0.121. The average Bonchev–Trinajstić information content (AvgIpc) is 3.13. The molecule has 0 aromatic heterocycles. The van der Waals surface area contributed by atoms with E-state index < -0.39 is 18.3 Å². The van der Waals surface area contributed by atoms with Crippen molar-refractivity contribution in [1.82, 2.24) is 5.32 Å². The molecule has 1 aromatic rings. The molecule has 0 atom stereocenters. The van der Waals surface area contributed by atoms with Crippen LogP contribution in [0.1, 0.15) is 58.9 Å². The Hall–Kier alpha value is -1.53. The predicted octanol–water partition coefficient (Wildman–Crippen LogP) is 2.60. The molecule has 6 heteroatoms. The summed E-state index contributed by atoms with van der Waals surface area (Å²) in [6.07, 6.45) is 4.85. The molecule has 1 aliphatic heterocycles. The quantitative estimate of drug-likeness (QED) is 0.821. The number of carbonyl (C=O) groups excluding carboxylic acids is 1. The van der Waals surface area contributed by atoms with Crippen molar-refractivity contribution in [1.29, 1.82) is 0 Å². The topological polar surface area (TPSA) is 56.8 Å². The molecule has 1 saturated carbocycles. The van der Waals surface area contributed by atoms with Gasteiger partial charge in [0.2, 0.25) is 5.91 Å². The van der Waals surface area contributed by atoms with Crippen LogP contribution in [0.15, 0.2) is 18.2 Å². The van der Waals surface area contributed by atoms with E-state index in [1.807, 2.05) is 45.9 Å². The molecule has 2 fully saturated rings. The smallest absolute Gasteiger partial charge is 0.495 e. The van der Waals surface area contributed by atoms with Crippen molar-refractivity contribution >= 4 is 18.5 Å². The molecular formula is C20H30BNO4. The van der Waals surface area contributed by atoms with E-state index in [1.165, 1.54) is 12.8 Å². The number of amides is 1. The second-order valence-electron chi connectivity index (χ2n) is 8.38. The minimum atomic E-state index is -0.486. The Balaban J connectivity index is 1.81. The molecule has 0 unspecified atom stereocenters. The standard InChI is InChI=1S/C20H30BNO4/c1-19(2)20(3,4)26-21(25-19)17-11-10-16(24-5)12-14(17)13-18(23)22-15-8-6-7-9-15/h10-12,15H,6-9,13H2,1-5H3,(H,22,23). The number of carbonyl (C=O) groups is 1. The zero-order valence-corrected chi connectivity index (χ0v) is 16.6. The molecule has 0 spiro atoms. The summed E-state index contributed by atoms with van der Waals surface area (Å²) in [4.78, 5) is 12.6. The molecule has 1 N–H and O–H groups in total. The molecule has 1 aromatic carbocycles. The van der Waals surface area contributed by atoms with Gasteiger partial charge < -0.3 is 19.4 Å². The maximum Gasteiger partial charge on any atom is 0.495 e. The highest BCUT2D eigenvalue weighted by Crippen LogP contribution is 2.37. The highest BCUT2D eigenvalue weighted by molar-refractivity contribution is 6.62. The largest absolute Gasteiger partial charge is 0.497 e. The van der Waals surface area contributed by atoms with Crippen LogP contribution in [0.5, 0.6) is 5.75 Å². The summed E-state index contributed by atoms with van der Waals surface area (Å²) >= 11 is 0. The monoisotopic (exact) mass is 359 g/mol. The Morgan fingerprint density at radius 3 is 2.38 bits per heavy atom. The zero-order chi connectivity index (χ0) is 18.9. The summed E-state index contributed by atoms with van der Waals surface area (Å²) in [7, 11) is 1.15. The van der Waals surface area contributed by atoms with Crippen molar-refractivity contribution in [3.63, 3.8) is 0 Å². The van der Waals surface area contributed by atoms with Crippen LogP contribution >= 0.6 is 0 Å². The number of methoxy groups -OCH3 is 1. The molecule has 1 saturated heterocycles. The van der Waals surface area contributed by atoms with Crippen LogP contribution < -0.4 is 15.5 Å². The van der Waals surface area contributed by atoms with E-state index in [-0.39, 0.29) is 5.91 Å². The lowest BCUT2D eigenvalue weighted by Gasteiger charge is -2.32. The van der Waals surface area contributed by atoms with Gasteiger partial charge in [0, 0.05) is 6.04 Å². The minimum Gasteiger partial charge on any atom is -0.497 e. The van der Waals surface area contributed by atoms with Crippen LogP contribution in [0, 0.1) is 0 Å². The first-order valence-corrected chi connectivity index (χ1v) is 9.54. The zero-order valence-electron chi connectivity index (χ0n) is 16.6. The van der Waals surface area contributed by atoms with E-state index in [1.54, 1.807) is 7.11 Å². The predicted molar refractivity (Wildman–Crippen MR) is 103 cm³/mol. The van der Waals surface area contributed by atoms with Gasteiger partial charge in [-0.15, -0.1) is 0 Å². The average molecular weight is 359 g/mol. The van der Waals surface area contributed by atoms with E-state index in [0.717, 1.165) is 29.6 Å². The first kappa shape index (κ1) is 19.2. The van der Waals surface area contributed by atoms with Gasteiger partial charge in [0.15, 0.2) is 0 Å². The second kappa shape index (κ2) is 7.24. The van der Waals surface area contributed by atoms with Crippen molar-refractivity contribution in [3.8, 4) is 5.75 Å². The first-order valence-electron chi connectivity index (χ1n) is 9.54. The molecule has 3 rings (SSSR count). The fourth-order valence-corrected chi connectivity index (χ4v) is 3.58. The lowest BCUT2D eigenvalue weighted by Crippen LogP contribution is -2.41. The number of rotatable bonds is 5. The van der Waals surface area contributed by atoms with Gasteiger partial charge in [-0.1, -0.05) is 18.9 Å². The third kappa shape index (κ3) is 3.91. The molecule has 5 nitrogen and oxygen atoms in total. The van der Waals surface area contributed by atoms with Gasteiger partial charge in [-0.25, -0.2) is 0 Å². The van der Waals surface area contributed by atoms with Gasteiger partial charge in [-0.05, 0) is 63.7 Å².